The van der Waals surface area contributed by atoms with Crippen molar-refractivity contribution >= 4 is 29.0 Å². The molecule has 0 amide bonds. The van der Waals surface area contributed by atoms with Crippen LogP contribution in [-0.2, 0) is 6.54 Å². The van der Waals surface area contributed by atoms with Crippen molar-refractivity contribution < 1.29 is 4.92 Å². The van der Waals surface area contributed by atoms with Crippen LogP contribution >= 0.6 is 23.2 Å². The lowest BCUT2D eigenvalue weighted by atomic mass is 10.2. The maximum Gasteiger partial charge on any atom is 0.389 e. The van der Waals surface area contributed by atoms with Gasteiger partial charge in [-0.15, -0.1) is 0 Å². The van der Waals surface area contributed by atoms with Gasteiger partial charge in [-0.25, -0.2) is 0 Å². The second kappa shape index (κ2) is 4.73. The Hall–Kier alpha value is -1.59. The third kappa shape index (κ3) is 2.57. The van der Waals surface area contributed by atoms with Gasteiger partial charge in [0.1, 0.15) is 0 Å². The van der Waals surface area contributed by atoms with Crippen molar-refractivity contribution in [2.75, 3.05) is 0 Å². The van der Waals surface area contributed by atoms with Gasteiger partial charge in [-0.05, 0) is 16.6 Å². The lowest BCUT2D eigenvalue weighted by Crippen LogP contribution is -2.02. The standard InChI is InChI=1S/C10H7Cl2N3O2/c11-8-3-1-2-7(10(8)12)6-14-5-4-9(13-14)15(16)17/h1-5H,6H2. The van der Waals surface area contributed by atoms with Gasteiger partial charge in [0.05, 0.1) is 34.0 Å². The molecule has 0 atom stereocenters. The molecule has 17 heavy (non-hydrogen) atoms. The van der Waals surface area contributed by atoms with Crippen molar-refractivity contribution in [3.63, 3.8) is 0 Å². The van der Waals surface area contributed by atoms with Crippen LogP contribution in [-0.4, -0.2) is 14.7 Å². The van der Waals surface area contributed by atoms with Gasteiger partial charge < -0.3 is 10.1 Å². The van der Waals surface area contributed by atoms with E-state index in [-0.39, 0.29) is 5.82 Å². The minimum atomic E-state index is -0.546. The number of benzene rings is 1. The Kier molecular flexibility index (Phi) is 3.31. The predicted octanol–water partition coefficient (Wildman–Crippen LogP) is 3.15. The summed E-state index contributed by atoms with van der Waals surface area (Å²) in [6.45, 7) is 0.341. The summed E-state index contributed by atoms with van der Waals surface area (Å²) in [4.78, 5) is 9.92. The van der Waals surface area contributed by atoms with Crippen LogP contribution in [0.4, 0.5) is 5.82 Å². The van der Waals surface area contributed by atoms with E-state index in [1.807, 2.05) is 0 Å². The lowest BCUT2D eigenvalue weighted by molar-refractivity contribution is -0.389. The molecule has 88 valence electrons. The van der Waals surface area contributed by atoms with Gasteiger partial charge in [0, 0.05) is 0 Å². The molecule has 0 bridgehead atoms. The molecule has 5 nitrogen and oxygen atoms in total. The smallest absolute Gasteiger partial charge is 0.358 e. The highest BCUT2D eigenvalue weighted by Crippen LogP contribution is 2.26. The number of rotatable bonds is 3. The van der Waals surface area contributed by atoms with Crippen LogP contribution in [0.2, 0.25) is 10.0 Å². The predicted molar refractivity (Wildman–Crippen MR) is 64.4 cm³/mol. The molecule has 0 aliphatic rings. The van der Waals surface area contributed by atoms with Crippen molar-refractivity contribution in [2.24, 2.45) is 0 Å². The molecule has 2 aromatic rings. The van der Waals surface area contributed by atoms with Gasteiger partial charge in [0.2, 0.25) is 0 Å². The Labute approximate surface area is 107 Å². The van der Waals surface area contributed by atoms with Gasteiger partial charge in [-0.3, -0.25) is 0 Å². The molecule has 0 spiro atoms. The molecule has 2 rings (SSSR count). The van der Waals surface area contributed by atoms with E-state index in [1.54, 1.807) is 18.2 Å². The van der Waals surface area contributed by atoms with Crippen molar-refractivity contribution in [3.05, 3.63) is 56.2 Å². The molecule has 1 aromatic heterocycles. The largest absolute Gasteiger partial charge is 0.389 e. The SMILES string of the molecule is O=[N+]([O-])c1ccn(Cc2cccc(Cl)c2Cl)n1. The third-order valence-electron chi connectivity index (χ3n) is 2.18. The van der Waals surface area contributed by atoms with Crippen LogP contribution in [0.5, 0.6) is 0 Å². The minimum Gasteiger partial charge on any atom is -0.358 e. The Morgan fingerprint density at radius 1 is 1.35 bits per heavy atom. The van der Waals surface area contributed by atoms with E-state index in [0.29, 0.717) is 16.6 Å². The number of aromatic nitrogens is 2. The zero-order valence-electron chi connectivity index (χ0n) is 8.51. The van der Waals surface area contributed by atoms with Crippen LogP contribution in [0.15, 0.2) is 30.5 Å². The van der Waals surface area contributed by atoms with Gasteiger partial charge >= 0.3 is 5.82 Å². The van der Waals surface area contributed by atoms with Crippen LogP contribution in [0.1, 0.15) is 5.56 Å². The molecule has 1 aromatic carbocycles. The number of nitrogens with zero attached hydrogens (tertiary/aromatic N) is 3. The zero-order chi connectivity index (χ0) is 12.4. The fourth-order valence-electron chi connectivity index (χ4n) is 1.38. The summed E-state index contributed by atoms with van der Waals surface area (Å²) in [6, 6.07) is 6.57. The summed E-state index contributed by atoms with van der Waals surface area (Å²) in [5.41, 5.74) is 0.761. The maximum absolute atomic E-state index is 10.5. The average Bonchev–Trinajstić information content (AvgIpc) is 2.73. The fraction of sp³-hybridized carbons (Fsp3) is 0.100. The van der Waals surface area contributed by atoms with Crippen LogP contribution < -0.4 is 0 Å². The quantitative estimate of drug-likeness (QED) is 0.637. The Morgan fingerprint density at radius 3 is 2.76 bits per heavy atom. The first-order chi connectivity index (χ1) is 8.08. The minimum absolute atomic E-state index is 0.192. The zero-order valence-corrected chi connectivity index (χ0v) is 10.0. The van der Waals surface area contributed by atoms with Crippen LogP contribution in [0, 0.1) is 10.1 Å². The fourth-order valence-corrected chi connectivity index (χ4v) is 1.76. The lowest BCUT2D eigenvalue weighted by Gasteiger charge is -2.03. The summed E-state index contributed by atoms with van der Waals surface area (Å²) in [5, 5.41) is 15.1. The molecule has 0 aliphatic carbocycles. The van der Waals surface area contributed by atoms with Crippen LogP contribution in [0.25, 0.3) is 0 Å². The first-order valence-corrected chi connectivity index (χ1v) is 5.44. The van der Waals surface area contributed by atoms with E-state index in [2.05, 4.69) is 5.10 Å². The number of hydrogen-bond acceptors (Lipinski definition) is 3. The Morgan fingerprint density at radius 2 is 2.12 bits per heavy atom. The molecule has 0 aliphatic heterocycles. The van der Waals surface area contributed by atoms with E-state index in [9.17, 15) is 10.1 Å². The molecule has 0 radical (unpaired) electrons. The Bertz CT molecular complexity index is 568. The van der Waals surface area contributed by atoms with Gasteiger partial charge in [0.15, 0.2) is 0 Å². The third-order valence-corrected chi connectivity index (χ3v) is 3.04. The second-order valence-electron chi connectivity index (χ2n) is 3.34. The summed E-state index contributed by atoms with van der Waals surface area (Å²) >= 11 is 11.9. The van der Waals surface area contributed by atoms with Crippen molar-refractivity contribution in [1.29, 1.82) is 0 Å². The summed E-state index contributed by atoms with van der Waals surface area (Å²) in [6.07, 6.45) is 1.52. The first kappa shape index (κ1) is 11.9. The molecule has 1 heterocycles. The molecule has 0 saturated heterocycles. The summed E-state index contributed by atoms with van der Waals surface area (Å²) < 4.78 is 1.44. The molecule has 0 N–H and O–H groups in total. The molecule has 0 fully saturated rings. The van der Waals surface area contributed by atoms with Crippen molar-refractivity contribution in [2.45, 2.75) is 6.54 Å². The highest BCUT2D eigenvalue weighted by molar-refractivity contribution is 6.42. The number of halogens is 2. The van der Waals surface area contributed by atoms with Gasteiger partial charge in [-0.1, -0.05) is 35.3 Å². The van der Waals surface area contributed by atoms with E-state index in [1.165, 1.54) is 16.9 Å². The van der Waals surface area contributed by atoms with Crippen molar-refractivity contribution in [3.8, 4) is 0 Å². The molecule has 0 unspecified atom stereocenters. The molecule has 0 saturated carbocycles. The normalized spacial score (nSPS) is 10.5. The number of hydrogen-bond donors (Lipinski definition) is 0. The second-order valence-corrected chi connectivity index (χ2v) is 4.13. The van der Waals surface area contributed by atoms with Crippen LogP contribution in [0.3, 0.4) is 0 Å². The first-order valence-electron chi connectivity index (χ1n) is 4.68. The number of nitro groups is 1. The van der Waals surface area contributed by atoms with E-state index in [4.69, 9.17) is 23.2 Å². The highest BCUT2D eigenvalue weighted by atomic mass is 35.5. The molecular weight excluding hydrogens is 265 g/mol. The summed E-state index contributed by atoms with van der Waals surface area (Å²) in [7, 11) is 0. The maximum atomic E-state index is 10.5. The van der Waals surface area contributed by atoms with Gasteiger partial charge in [-0.2, -0.15) is 4.68 Å². The Balaban J connectivity index is 2.25. The monoisotopic (exact) mass is 271 g/mol. The van der Waals surface area contributed by atoms with Crippen molar-refractivity contribution in [1.82, 2.24) is 9.78 Å². The summed E-state index contributed by atoms with van der Waals surface area (Å²) in [5.74, 6) is -0.192. The highest BCUT2D eigenvalue weighted by Gasteiger charge is 2.12. The average molecular weight is 272 g/mol. The molecule has 7 heteroatoms. The van der Waals surface area contributed by atoms with E-state index >= 15 is 0 Å². The van der Waals surface area contributed by atoms with Gasteiger partial charge in [0.25, 0.3) is 0 Å². The molecular formula is C10H7Cl2N3O2. The van der Waals surface area contributed by atoms with E-state index < -0.39 is 4.92 Å². The van der Waals surface area contributed by atoms with E-state index in [0.717, 1.165) is 5.56 Å². The topological polar surface area (TPSA) is 61.0 Å².